The van der Waals surface area contributed by atoms with E-state index in [1.807, 2.05) is 123 Å². The molecule has 22 nitrogen and oxygen atoms in total. The molecule has 11 aromatic rings. The average Bonchev–Trinajstić information content (AvgIpc) is 1.67. The fourth-order valence-electron chi connectivity index (χ4n) is 8.98. The summed E-state index contributed by atoms with van der Waals surface area (Å²) in [6.45, 7) is 1.30. The Kier molecular flexibility index (Phi) is 25.1. The minimum atomic E-state index is -0.750. The predicted molar refractivity (Wildman–Crippen MR) is 373 cm³/mol. The van der Waals surface area contributed by atoms with Crippen LogP contribution in [0.2, 0.25) is 10.0 Å². The lowest BCUT2D eigenvalue weighted by molar-refractivity contribution is -0.112. The van der Waals surface area contributed by atoms with Crippen molar-refractivity contribution in [2.75, 3.05) is 73.2 Å². The second-order valence-electron chi connectivity index (χ2n) is 20.4. The first-order valence-electron chi connectivity index (χ1n) is 27.8. The summed E-state index contributed by atoms with van der Waals surface area (Å²) in [6.07, 6.45) is 16.4. The normalized spacial score (nSPS) is 10.8. The van der Waals surface area contributed by atoms with Gasteiger partial charge in [-0.15, -0.1) is 0 Å². The van der Waals surface area contributed by atoms with Gasteiger partial charge in [0.1, 0.15) is 11.4 Å². The summed E-state index contributed by atoms with van der Waals surface area (Å²) < 4.78 is 18.7. The van der Waals surface area contributed by atoms with Gasteiger partial charge in [0.2, 0.25) is 23.7 Å². The van der Waals surface area contributed by atoms with E-state index in [1.165, 1.54) is 24.5 Å². The first-order valence-corrected chi connectivity index (χ1v) is 29.3. The van der Waals surface area contributed by atoms with Gasteiger partial charge in [0.25, 0.3) is 11.8 Å². The molecule has 0 radical (unpaired) electrons. The number of aromatic nitrogens is 8. The topological polar surface area (TPSA) is 279 Å². The fourth-order valence-corrected chi connectivity index (χ4v) is 9.37. The molecule has 4 amide bonds. The quantitative estimate of drug-likeness (QED) is 0.0371. The third-order valence-electron chi connectivity index (χ3n) is 13.1. The summed E-state index contributed by atoms with van der Waals surface area (Å²) in [7, 11) is 7.66. The highest BCUT2D eigenvalue weighted by Crippen LogP contribution is 2.37. The highest BCUT2D eigenvalue weighted by molar-refractivity contribution is 7.51. The molecule has 0 unspecified atom stereocenters. The molecule has 25 heteroatoms. The molecule has 6 heterocycles. The highest BCUT2D eigenvalue weighted by Gasteiger charge is 2.18. The standard InChI is InChI=1S/C36H31ClN8O2.C30H27ClN8O2.2CH4.O2S/c1-44(2)19-9-16-33(46)40-26-17-18-31(38-21-26)35(47)41-24-10-8-11-25(20-24)42-36-39-22-30(37)34(43-36)29-23-45(27-12-4-3-5-13-27)32-15-7-6-14-28(29)32;1-39(2)14-6-11-27(40)35-21-12-13-26(32-16-21)29(41)36-19-7-5-8-20(15-19)37-30-34-18-24(31)28(38-30)23-17-33-25-10-4-3-9-22(23)25;;;1-3-2/h3-18,20-23H,19H2,1-2H3,(H,40,46)(H,41,47)(H,39,42,43);3-13,15-18,33H,14H2,1-2H3,(H,35,40)(H,36,41)(H,34,37,38);2*1H4;/b16-9+;11-6+;;;. The maximum atomic E-state index is 12.9. The number of para-hydroxylation sites is 3. The van der Waals surface area contributed by atoms with E-state index in [0.717, 1.165) is 38.6 Å². The van der Waals surface area contributed by atoms with Crippen molar-refractivity contribution in [2.45, 2.75) is 14.9 Å². The second kappa shape index (κ2) is 33.7. The molecular weight excluding hydrogens is 1240 g/mol. The molecule has 0 bridgehead atoms. The van der Waals surface area contributed by atoms with Gasteiger partial charge in [-0.25, -0.2) is 29.9 Å². The molecule has 11 rings (SSSR count). The van der Waals surface area contributed by atoms with E-state index in [9.17, 15) is 19.2 Å². The largest absolute Gasteiger partial charge is 0.360 e. The molecule has 0 saturated heterocycles. The number of likely N-dealkylation sites (N-methyl/N-ethyl adjacent to an activating group) is 2. The van der Waals surface area contributed by atoms with Crippen molar-refractivity contribution in [2.24, 2.45) is 0 Å². The van der Waals surface area contributed by atoms with Crippen LogP contribution in [0.3, 0.4) is 0 Å². The number of carbonyl (C=O) groups is 4. The van der Waals surface area contributed by atoms with Crippen molar-refractivity contribution in [1.29, 1.82) is 0 Å². The van der Waals surface area contributed by atoms with E-state index in [1.54, 1.807) is 85.2 Å². The van der Waals surface area contributed by atoms with Crippen molar-refractivity contribution in [3.05, 3.63) is 235 Å². The zero-order valence-electron chi connectivity index (χ0n) is 49.3. The first-order chi connectivity index (χ1) is 44.1. The van der Waals surface area contributed by atoms with Gasteiger partial charge in [0.05, 0.1) is 63.1 Å². The van der Waals surface area contributed by atoms with Crippen LogP contribution in [0.4, 0.5) is 46.0 Å². The fraction of sp³-hybridized carbons (Fsp3) is 0.118. The van der Waals surface area contributed by atoms with Crippen LogP contribution in [-0.4, -0.2) is 123 Å². The van der Waals surface area contributed by atoms with E-state index in [0.29, 0.717) is 80.5 Å². The van der Waals surface area contributed by atoms with Crippen LogP contribution in [0.5, 0.6) is 0 Å². The van der Waals surface area contributed by atoms with E-state index in [4.69, 9.17) is 36.6 Å². The average molecular weight is 1310 g/mol. The summed E-state index contributed by atoms with van der Waals surface area (Å²) in [6, 6.07) is 46.8. The smallest absolute Gasteiger partial charge is 0.335 e. The molecule has 0 aliphatic rings. The number of pyridine rings is 2. The lowest BCUT2D eigenvalue weighted by Gasteiger charge is -2.10. The van der Waals surface area contributed by atoms with Crippen molar-refractivity contribution in [3.63, 3.8) is 0 Å². The third-order valence-corrected chi connectivity index (χ3v) is 13.6. The van der Waals surface area contributed by atoms with E-state index in [2.05, 4.69) is 84.6 Å². The predicted octanol–water partition coefficient (Wildman–Crippen LogP) is 13.5. The summed E-state index contributed by atoms with van der Waals surface area (Å²) in [5.74, 6) is -0.630. The first kappa shape index (κ1) is 69.4. The lowest BCUT2D eigenvalue weighted by atomic mass is 10.1. The zero-order valence-corrected chi connectivity index (χ0v) is 51.6. The van der Waals surface area contributed by atoms with Crippen molar-refractivity contribution in [3.8, 4) is 28.2 Å². The molecule has 0 atom stereocenters. The Morgan fingerprint density at radius 1 is 0.516 bits per heavy atom. The molecule has 474 valence electrons. The van der Waals surface area contributed by atoms with Gasteiger partial charge in [0, 0.05) is 93.5 Å². The number of anilines is 8. The van der Waals surface area contributed by atoms with Crippen LogP contribution in [0, 0.1) is 0 Å². The van der Waals surface area contributed by atoms with Gasteiger partial charge >= 0.3 is 11.6 Å². The number of rotatable bonds is 19. The highest BCUT2D eigenvalue weighted by atomic mass is 35.5. The van der Waals surface area contributed by atoms with Crippen LogP contribution < -0.4 is 31.9 Å². The molecule has 5 aromatic carbocycles. The Balaban J connectivity index is 0.000000250. The molecular formula is C68H66Cl2N16O6S. The number of fused-ring (bicyclic) bond motifs is 2. The summed E-state index contributed by atoms with van der Waals surface area (Å²) in [5, 5.41) is 20.4. The van der Waals surface area contributed by atoms with Gasteiger partial charge in [-0.2, -0.15) is 8.42 Å². The zero-order chi connectivity index (χ0) is 64.2. The molecule has 0 spiro atoms. The number of nitrogens with one attached hydrogen (secondary N) is 7. The summed E-state index contributed by atoms with van der Waals surface area (Å²) >= 11 is 12.4. The molecule has 0 aliphatic heterocycles. The molecule has 0 aliphatic carbocycles. The van der Waals surface area contributed by atoms with Crippen molar-refractivity contribution >= 4 is 126 Å². The maximum absolute atomic E-state index is 12.9. The van der Waals surface area contributed by atoms with Gasteiger partial charge in [-0.05, 0) is 113 Å². The van der Waals surface area contributed by atoms with Crippen molar-refractivity contribution < 1.29 is 27.6 Å². The number of hydrogen-bond donors (Lipinski definition) is 7. The molecule has 0 fully saturated rings. The third kappa shape index (κ3) is 19.2. The van der Waals surface area contributed by atoms with E-state index >= 15 is 0 Å². The monoisotopic (exact) mass is 1300 g/mol. The summed E-state index contributed by atoms with van der Waals surface area (Å²) in [4.78, 5) is 83.5. The number of benzene rings is 5. The second-order valence-corrected chi connectivity index (χ2v) is 21.3. The Morgan fingerprint density at radius 3 is 1.47 bits per heavy atom. The van der Waals surface area contributed by atoms with Crippen LogP contribution in [-0.2, 0) is 21.2 Å². The van der Waals surface area contributed by atoms with E-state index < -0.39 is 23.4 Å². The number of aromatic amines is 1. The minimum Gasteiger partial charge on any atom is -0.360 e. The number of carbonyl (C=O) groups excluding carboxylic acids is 4. The Morgan fingerprint density at radius 2 is 0.978 bits per heavy atom. The Bertz CT molecular complexity index is 4480. The van der Waals surface area contributed by atoms with Crippen LogP contribution in [0.1, 0.15) is 35.8 Å². The number of halogens is 2. The summed E-state index contributed by atoms with van der Waals surface area (Å²) in [5.41, 5.74) is 9.78. The van der Waals surface area contributed by atoms with E-state index in [-0.39, 0.29) is 38.1 Å². The molecule has 6 aromatic heterocycles. The van der Waals surface area contributed by atoms with Crippen LogP contribution >= 0.6 is 23.2 Å². The minimum absolute atomic E-state index is 0. The SMILES string of the molecule is C.C.CN(C)C/C=C/C(=O)Nc1ccc(C(=O)Nc2cccc(Nc3ncc(Cl)c(-c4c[nH]c5ccccc45)n3)c2)nc1.CN(C)C/C=C/C(=O)Nc1ccc(C(=O)Nc2cccc(Nc3ncc(Cl)c(-c4cn(-c5ccccc5)c5ccccc45)n3)c2)nc1.O=S=O. The van der Waals surface area contributed by atoms with Gasteiger partial charge in [-0.1, -0.05) is 117 Å². The molecule has 93 heavy (non-hydrogen) atoms. The Hall–Kier alpha value is -11.1. The van der Waals surface area contributed by atoms with Crippen LogP contribution in [0.25, 0.3) is 50.0 Å². The van der Waals surface area contributed by atoms with Gasteiger partial charge < -0.3 is 51.3 Å². The number of H-pyrrole nitrogens is 1. The van der Waals surface area contributed by atoms with Gasteiger partial charge in [-0.3, -0.25) is 19.2 Å². The van der Waals surface area contributed by atoms with Crippen molar-refractivity contribution in [1.82, 2.24) is 49.3 Å². The van der Waals surface area contributed by atoms with Gasteiger partial charge in [0.15, 0.2) is 0 Å². The lowest BCUT2D eigenvalue weighted by Crippen LogP contribution is -2.15. The number of hydrogen-bond acceptors (Lipinski definition) is 16. The van der Waals surface area contributed by atoms with Crippen LogP contribution in [0.15, 0.2) is 213 Å². The Labute approximate surface area is 550 Å². The number of nitrogens with zero attached hydrogens (tertiary/aromatic N) is 9. The number of amides is 4. The molecule has 7 N–H and O–H groups in total. The maximum Gasteiger partial charge on any atom is 0.335 e. The molecule has 0 saturated carbocycles.